The van der Waals surface area contributed by atoms with Crippen molar-refractivity contribution >= 4 is 33.1 Å². The van der Waals surface area contributed by atoms with Crippen molar-refractivity contribution in [3.05, 3.63) is 41.3 Å². The minimum atomic E-state index is -4.34. The Kier molecular flexibility index (Phi) is 4.76. The maximum Gasteiger partial charge on any atom is 0.392 e. The molecule has 0 radical (unpaired) electrons. The molecule has 0 aliphatic heterocycles. The standard InChI is InChI=1S/C16H13F4N3OS/c1-9-7-25-15-13(9)14(21-8-22-15)23-11-3-2-10(17)6-12(11)24-5-4-16(18,19)20/h2-3,6-8H,4-5H2,1H3,(H,21,22,23). The van der Waals surface area contributed by atoms with Crippen molar-refractivity contribution in [2.24, 2.45) is 0 Å². The Morgan fingerprint density at radius 1 is 1.24 bits per heavy atom. The lowest BCUT2D eigenvalue weighted by molar-refractivity contribution is -0.139. The van der Waals surface area contributed by atoms with E-state index >= 15 is 0 Å². The molecule has 4 nitrogen and oxygen atoms in total. The zero-order chi connectivity index (χ0) is 18.0. The number of halogens is 4. The molecule has 0 unspecified atom stereocenters. The highest BCUT2D eigenvalue weighted by Gasteiger charge is 2.27. The number of fused-ring (bicyclic) bond motifs is 1. The third-order valence-corrected chi connectivity index (χ3v) is 4.40. The van der Waals surface area contributed by atoms with Gasteiger partial charge in [-0.05, 0) is 30.0 Å². The van der Waals surface area contributed by atoms with E-state index in [1.54, 1.807) is 0 Å². The fourth-order valence-corrected chi connectivity index (χ4v) is 3.13. The van der Waals surface area contributed by atoms with Gasteiger partial charge < -0.3 is 10.1 Å². The number of anilines is 2. The summed E-state index contributed by atoms with van der Waals surface area (Å²) >= 11 is 1.45. The molecule has 2 aromatic heterocycles. The van der Waals surface area contributed by atoms with E-state index < -0.39 is 25.0 Å². The van der Waals surface area contributed by atoms with E-state index in [0.717, 1.165) is 21.8 Å². The van der Waals surface area contributed by atoms with Crippen LogP contribution in [0.15, 0.2) is 29.9 Å². The van der Waals surface area contributed by atoms with Gasteiger partial charge in [0.1, 0.15) is 28.5 Å². The molecule has 0 saturated heterocycles. The van der Waals surface area contributed by atoms with Crippen molar-refractivity contribution in [3.63, 3.8) is 0 Å². The minimum absolute atomic E-state index is 0.0103. The molecule has 132 valence electrons. The molecular formula is C16H13F4N3OS. The van der Waals surface area contributed by atoms with Crippen molar-refractivity contribution in [2.75, 3.05) is 11.9 Å². The van der Waals surface area contributed by atoms with Gasteiger partial charge in [0.05, 0.1) is 24.1 Å². The molecule has 0 atom stereocenters. The first-order valence-corrected chi connectivity index (χ1v) is 8.16. The summed E-state index contributed by atoms with van der Waals surface area (Å²) in [5, 5.41) is 5.73. The van der Waals surface area contributed by atoms with E-state index in [2.05, 4.69) is 15.3 Å². The lowest BCUT2D eigenvalue weighted by atomic mass is 10.2. The zero-order valence-corrected chi connectivity index (χ0v) is 13.8. The summed E-state index contributed by atoms with van der Waals surface area (Å²) in [7, 11) is 0. The van der Waals surface area contributed by atoms with Crippen molar-refractivity contribution < 1.29 is 22.3 Å². The molecule has 3 rings (SSSR count). The van der Waals surface area contributed by atoms with Crippen LogP contribution in [0.1, 0.15) is 12.0 Å². The number of thiophene rings is 1. The summed E-state index contributed by atoms with van der Waals surface area (Å²) < 4.78 is 55.4. The third kappa shape index (κ3) is 4.16. The first-order valence-electron chi connectivity index (χ1n) is 7.28. The topological polar surface area (TPSA) is 47.0 Å². The lowest BCUT2D eigenvalue weighted by Gasteiger charge is -2.14. The quantitative estimate of drug-likeness (QED) is 0.625. The monoisotopic (exact) mass is 371 g/mol. The van der Waals surface area contributed by atoms with Crippen LogP contribution in [0.25, 0.3) is 10.2 Å². The third-order valence-electron chi connectivity index (χ3n) is 3.39. The Hall–Kier alpha value is -2.42. The highest BCUT2D eigenvalue weighted by atomic mass is 32.1. The Bertz CT molecular complexity index is 895. The summed E-state index contributed by atoms with van der Waals surface area (Å²) in [6.07, 6.45) is -4.08. The maximum atomic E-state index is 13.5. The number of rotatable bonds is 5. The number of nitrogens with one attached hydrogen (secondary N) is 1. The van der Waals surface area contributed by atoms with Gasteiger partial charge in [-0.2, -0.15) is 13.2 Å². The average molecular weight is 371 g/mol. The number of aryl methyl sites for hydroxylation is 1. The molecule has 0 amide bonds. The molecule has 0 saturated carbocycles. The van der Waals surface area contributed by atoms with Gasteiger partial charge in [-0.1, -0.05) is 0 Å². The maximum absolute atomic E-state index is 13.5. The second-order valence-corrected chi connectivity index (χ2v) is 6.16. The lowest BCUT2D eigenvalue weighted by Crippen LogP contribution is -2.13. The second-order valence-electron chi connectivity index (χ2n) is 5.30. The van der Waals surface area contributed by atoms with Crippen LogP contribution in [0.4, 0.5) is 29.1 Å². The smallest absolute Gasteiger partial charge is 0.392 e. The van der Waals surface area contributed by atoms with Crippen LogP contribution < -0.4 is 10.1 Å². The van der Waals surface area contributed by atoms with Gasteiger partial charge in [0.25, 0.3) is 0 Å². The molecule has 25 heavy (non-hydrogen) atoms. The molecule has 0 bridgehead atoms. The van der Waals surface area contributed by atoms with Crippen LogP contribution in [0.5, 0.6) is 5.75 Å². The molecule has 3 aromatic rings. The fourth-order valence-electron chi connectivity index (χ4n) is 2.24. The minimum Gasteiger partial charge on any atom is -0.491 e. The van der Waals surface area contributed by atoms with Crippen molar-refractivity contribution in [2.45, 2.75) is 19.5 Å². The van der Waals surface area contributed by atoms with Crippen LogP contribution in [0.2, 0.25) is 0 Å². The molecule has 0 fully saturated rings. The van der Waals surface area contributed by atoms with Crippen LogP contribution in [-0.2, 0) is 0 Å². The Labute approximate surface area is 144 Å². The van der Waals surface area contributed by atoms with Crippen molar-refractivity contribution in [3.8, 4) is 5.75 Å². The SMILES string of the molecule is Cc1csc2ncnc(Nc3ccc(F)cc3OCCC(F)(F)F)c12. The van der Waals surface area contributed by atoms with Gasteiger partial charge in [-0.15, -0.1) is 11.3 Å². The molecule has 0 spiro atoms. The highest BCUT2D eigenvalue weighted by molar-refractivity contribution is 7.17. The van der Waals surface area contributed by atoms with Crippen LogP contribution in [0.3, 0.4) is 0 Å². The van der Waals surface area contributed by atoms with Crippen LogP contribution in [-0.4, -0.2) is 22.8 Å². The number of ether oxygens (including phenoxy) is 1. The summed E-state index contributed by atoms with van der Waals surface area (Å²) in [5.74, 6) is -0.132. The van der Waals surface area contributed by atoms with E-state index in [9.17, 15) is 17.6 Å². The number of aromatic nitrogens is 2. The number of alkyl halides is 3. The van der Waals surface area contributed by atoms with Crippen LogP contribution >= 0.6 is 11.3 Å². The molecule has 9 heteroatoms. The van der Waals surface area contributed by atoms with Gasteiger partial charge >= 0.3 is 6.18 Å². The van der Waals surface area contributed by atoms with Gasteiger partial charge in [0, 0.05) is 6.07 Å². The van der Waals surface area contributed by atoms with Gasteiger partial charge in [0.2, 0.25) is 0 Å². The number of nitrogens with zero attached hydrogens (tertiary/aromatic N) is 2. The van der Waals surface area contributed by atoms with E-state index in [1.165, 1.54) is 29.8 Å². The summed E-state index contributed by atoms with van der Waals surface area (Å²) in [6, 6.07) is 3.63. The Morgan fingerprint density at radius 2 is 2.04 bits per heavy atom. The molecule has 0 aliphatic rings. The normalized spacial score (nSPS) is 11.7. The van der Waals surface area contributed by atoms with E-state index in [0.29, 0.717) is 11.5 Å². The van der Waals surface area contributed by atoms with Gasteiger partial charge in [-0.3, -0.25) is 0 Å². The summed E-state index contributed by atoms with van der Waals surface area (Å²) in [5.41, 5.74) is 1.29. The summed E-state index contributed by atoms with van der Waals surface area (Å²) in [6.45, 7) is 1.30. The fraction of sp³-hybridized carbons (Fsp3) is 0.250. The first kappa shape index (κ1) is 17.4. The molecule has 2 heterocycles. The van der Waals surface area contributed by atoms with E-state index in [-0.39, 0.29) is 5.75 Å². The van der Waals surface area contributed by atoms with Crippen molar-refractivity contribution in [1.29, 1.82) is 0 Å². The number of benzene rings is 1. The van der Waals surface area contributed by atoms with Gasteiger partial charge in [-0.25, -0.2) is 14.4 Å². The largest absolute Gasteiger partial charge is 0.491 e. The zero-order valence-electron chi connectivity index (χ0n) is 13.0. The highest BCUT2D eigenvalue weighted by Crippen LogP contribution is 2.34. The summed E-state index contributed by atoms with van der Waals surface area (Å²) in [4.78, 5) is 9.12. The van der Waals surface area contributed by atoms with Gasteiger partial charge in [0.15, 0.2) is 0 Å². The molecule has 1 N–H and O–H groups in total. The Morgan fingerprint density at radius 3 is 2.80 bits per heavy atom. The number of hydrogen-bond donors (Lipinski definition) is 1. The predicted octanol–water partition coefficient (Wildman–Crippen LogP) is 5.21. The van der Waals surface area contributed by atoms with Crippen LogP contribution in [0, 0.1) is 12.7 Å². The van der Waals surface area contributed by atoms with E-state index in [4.69, 9.17) is 4.74 Å². The van der Waals surface area contributed by atoms with E-state index in [1.807, 2.05) is 12.3 Å². The second kappa shape index (κ2) is 6.83. The molecular weight excluding hydrogens is 358 g/mol. The molecule has 1 aromatic carbocycles. The number of hydrogen-bond acceptors (Lipinski definition) is 5. The Balaban J connectivity index is 1.88. The first-order chi connectivity index (χ1) is 11.8. The average Bonchev–Trinajstić information content (AvgIpc) is 2.91. The van der Waals surface area contributed by atoms with Crippen molar-refractivity contribution in [1.82, 2.24) is 9.97 Å². The molecule has 0 aliphatic carbocycles. The predicted molar refractivity (Wildman–Crippen MR) is 88.0 cm³/mol.